The first-order valence-corrected chi connectivity index (χ1v) is 15.8. The van der Waals surface area contributed by atoms with Crippen LogP contribution in [0, 0.1) is 11.8 Å². The summed E-state index contributed by atoms with van der Waals surface area (Å²) in [6, 6.07) is 4.12. The molecule has 3 N–H and O–H groups in total. The minimum atomic E-state index is -4.79. The molecule has 1 amide bonds. The van der Waals surface area contributed by atoms with Crippen molar-refractivity contribution in [3.05, 3.63) is 41.0 Å². The zero-order valence-corrected chi connectivity index (χ0v) is 27.1. The van der Waals surface area contributed by atoms with Gasteiger partial charge in [-0.15, -0.1) is 0 Å². The summed E-state index contributed by atoms with van der Waals surface area (Å²) in [5.74, 6) is -5.55. The highest BCUT2D eigenvalue weighted by Gasteiger charge is 2.61. The average Bonchev–Trinajstić information content (AvgIpc) is 3.49. The lowest BCUT2D eigenvalue weighted by atomic mass is 9.86. The molecule has 3 aromatic rings. The Morgan fingerprint density at radius 3 is 2.22 bits per heavy atom. The summed E-state index contributed by atoms with van der Waals surface area (Å²) in [5.41, 5.74) is -1.54. The van der Waals surface area contributed by atoms with Gasteiger partial charge in [-0.25, -0.2) is 17.6 Å². The Labute approximate surface area is 280 Å². The maximum absolute atomic E-state index is 13.6. The topological polar surface area (TPSA) is 109 Å². The summed E-state index contributed by atoms with van der Waals surface area (Å²) in [4.78, 5) is 34.2. The molecule has 5 rings (SSSR count). The van der Waals surface area contributed by atoms with Gasteiger partial charge < -0.3 is 20.4 Å². The van der Waals surface area contributed by atoms with Gasteiger partial charge in [-0.3, -0.25) is 9.59 Å². The van der Waals surface area contributed by atoms with Crippen molar-refractivity contribution >= 4 is 34.5 Å². The number of hydrogen-bond donors (Lipinski definition) is 3. The number of amides is 1. The molecule has 1 unspecified atom stereocenters. The largest absolute Gasteiger partial charge is 0.471 e. The summed E-state index contributed by atoms with van der Waals surface area (Å²) in [5, 5.41) is 4.73. The number of anilines is 2. The maximum Gasteiger partial charge on any atom is 0.418 e. The minimum Gasteiger partial charge on any atom is -0.471 e. The summed E-state index contributed by atoms with van der Waals surface area (Å²) in [6.07, 6.45) is 2.22. The van der Waals surface area contributed by atoms with Crippen molar-refractivity contribution < 1.29 is 58.2 Å². The van der Waals surface area contributed by atoms with Gasteiger partial charge in [-0.05, 0) is 36.6 Å². The molecule has 2 aliphatic rings. The lowest BCUT2D eigenvalue weighted by Crippen LogP contribution is -2.26. The second-order valence-corrected chi connectivity index (χ2v) is 11.8. The number of alkyl halides is 10. The Bertz CT molecular complexity index is 1570. The number of fused-ring (bicyclic) bond motifs is 1. The molecule has 2 heterocycles. The molecule has 278 valence electrons. The van der Waals surface area contributed by atoms with E-state index in [0.29, 0.717) is 0 Å². The van der Waals surface area contributed by atoms with Crippen molar-refractivity contribution in [2.24, 2.45) is 11.8 Å². The van der Waals surface area contributed by atoms with Crippen LogP contribution in [0.5, 0.6) is 5.88 Å². The molecule has 18 heteroatoms. The predicted octanol–water partition coefficient (Wildman–Crippen LogP) is 9.38. The molecular formula is C32H37F10N5O3. The molecule has 0 bridgehead atoms. The van der Waals surface area contributed by atoms with Gasteiger partial charge in [0.1, 0.15) is 5.92 Å². The SMILES string of the molecule is CC(=O)c1cc2[nH]c(Nc3cc(CNC(=O)C4CC4(F)F)ccc3C(F)(F)F)nc2nc1OCC(F)F.CCCC1CCCCC1.FC(F)F. The van der Waals surface area contributed by atoms with Gasteiger partial charge >= 0.3 is 12.9 Å². The van der Waals surface area contributed by atoms with Gasteiger partial charge in [0.25, 0.3) is 12.3 Å². The number of carbonyl (C=O) groups excluding carboxylic acids is 2. The number of carbonyl (C=O) groups is 2. The van der Waals surface area contributed by atoms with Gasteiger partial charge in [0.15, 0.2) is 18.0 Å². The van der Waals surface area contributed by atoms with E-state index < -0.39 is 73.0 Å². The maximum atomic E-state index is 13.6. The van der Waals surface area contributed by atoms with Crippen LogP contribution >= 0.6 is 0 Å². The van der Waals surface area contributed by atoms with E-state index in [1.54, 1.807) is 0 Å². The predicted molar refractivity (Wildman–Crippen MR) is 164 cm³/mol. The lowest BCUT2D eigenvalue weighted by molar-refractivity contribution is -0.137. The van der Waals surface area contributed by atoms with E-state index in [1.807, 2.05) is 0 Å². The monoisotopic (exact) mass is 729 g/mol. The van der Waals surface area contributed by atoms with Crippen LogP contribution in [0.3, 0.4) is 0 Å². The standard InChI is InChI=1S/C22H18F7N5O3.C9H18.CHF3/c1-9(35)11-5-15-17(33-19(11)37-8-16(23)24)34-20(32-15)31-14-4-10(2-3-12(14)22(27,28)29)7-30-18(36)13-6-21(13,25)26;1-2-6-9-7-4-3-5-8-9;2-1(3)4/h2-5,13,16H,6-8H2,1H3,(H,30,36)(H2,31,32,33,34);9H,2-8H2,1H3;1H. The highest BCUT2D eigenvalue weighted by molar-refractivity contribution is 5.99. The van der Waals surface area contributed by atoms with Crippen LogP contribution in [0.2, 0.25) is 0 Å². The lowest BCUT2D eigenvalue weighted by Gasteiger charge is -2.20. The normalized spacial score (nSPS) is 17.0. The fourth-order valence-corrected chi connectivity index (χ4v) is 5.36. The van der Waals surface area contributed by atoms with Crippen LogP contribution in [0.1, 0.15) is 86.7 Å². The van der Waals surface area contributed by atoms with Gasteiger partial charge in [0.05, 0.1) is 22.3 Å². The second kappa shape index (κ2) is 17.7. The van der Waals surface area contributed by atoms with Crippen molar-refractivity contribution in [2.45, 2.75) is 97.0 Å². The molecule has 1 aromatic carbocycles. The van der Waals surface area contributed by atoms with E-state index in [0.717, 1.165) is 31.0 Å². The molecule has 0 spiro atoms. The van der Waals surface area contributed by atoms with Crippen LogP contribution in [0.4, 0.5) is 55.5 Å². The number of H-pyrrole nitrogens is 1. The fraction of sp³-hybridized carbons (Fsp3) is 0.562. The highest BCUT2D eigenvalue weighted by atomic mass is 19.4. The zero-order chi connectivity index (χ0) is 37.2. The Morgan fingerprint density at radius 1 is 1.04 bits per heavy atom. The summed E-state index contributed by atoms with van der Waals surface area (Å²) < 4.78 is 126. The third kappa shape index (κ3) is 12.3. The Balaban J connectivity index is 0.000000437. The van der Waals surface area contributed by atoms with Gasteiger partial charge in [0, 0.05) is 13.0 Å². The van der Waals surface area contributed by atoms with Crippen LogP contribution in [0.15, 0.2) is 24.3 Å². The smallest absolute Gasteiger partial charge is 0.418 e. The molecule has 50 heavy (non-hydrogen) atoms. The summed E-state index contributed by atoms with van der Waals surface area (Å²) in [7, 11) is 0. The van der Waals surface area contributed by atoms with Crippen LogP contribution in [0.25, 0.3) is 11.2 Å². The van der Waals surface area contributed by atoms with Gasteiger partial charge in [-0.2, -0.15) is 36.3 Å². The number of benzene rings is 1. The van der Waals surface area contributed by atoms with Gasteiger partial charge in [0.2, 0.25) is 17.7 Å². The fourth-order valence-electron chi connectivity index (χ4n) is 5.36. The first kappa shape index (κ1) is 40.3. The molecule has 0 aliphatic heterocycles. The number of hydrogen-bond acceptors (Lipinski definition) is 6. The molecule has 1 atom stereocenters. The van der Waals surface area contributed by atoms with E-state index in [2.05, 4.69) is 32.5 Å². The quantitative estimate of drug-likeness (QED) is 0.134. The molecule has 0 saturated heterocycles. The zero-order valence-electron chi connectivity index (χ0n) is 27.1. The van der Waals surface area contributed by atoms with Gasteiger partial charge in [-0.1, -0.05) is 57.9 Å². The summed E-state index contributed by atoms with van der Waals surface area (Å²) >= 11 is 0. The second-order valence-electron chi connectivity index (χ2n) is 11.8. The number of nitrogens with one attached hydrogen (secondary N) is 3. The highest BCUT2D eigenvalue weighted by Crippen LogP contribution is 2.48. The number of ether oxygens (including phenoxy) is 1. The Kier molecular flexibility index (Phi) is 14.3. The molecule has 0 radical (unpaired) electrons. The van der Waals surface area contributed by atoms with E-state index in [-0.39, 0.29) is 34.8 Å². The number of rotatable bonds is 11. The first-order chi connectivity index (χ1) is 23.4. The van der Waals surface area contributed by atoms with Crippen LogP contribution in [-0.2, 0) is 17.5 Å². The number of aromatic amines is 1. The molecule has 2 aliphatic carbocycles. The number of ketones is 1. The number of pyridine rings is 1. The minimum absolute atomic E-state index is 0.111. The molecular weight excluding hydrogens is 692 g/mol. The number of Topliss-reactive ketones (excluding diaryl/α,β-unsaturated/α-hetero) is 1. The van der Waals surface area contributed by atoms with E-state index >= 15 is 0 Å². The van der Waals surface area contributed by atoms with E-state index in [4.69, 9.17) is 4.74 Å². The molecule has 2 aromatic heterocycles. The van der Waals surface area contributed by atoms with Crippen molar-refractivity contribution in [3.8, 4) is 5.88 Å². The first-order valence-electron chi connectivity index (χ1n) is 15.8. The molecule has 2 fully saturated rings. The Hall–Kier alpha value is -4.12. The van der Waals surface area contributed by atoms with Crippen molar-refractivity contribution in [1.29, 1.82) is 0 Å². The molecule has 8 nitrogen and oxygen atoms in total. The van der Waals surface area contributed by atoms with Crippen molar-refractivity contribution in [2.75, 3.05) is 11.9 Å². The van der Waals surface area contributed by atoms with Crippen LogP contribution < -0.4 is 15.4 Å². The average molecular weight is 730 g/mol. The van der Waals surface area contributed by atoms with Crippen LogP contribution in [-0.4, -0.2) is 52.3 Å². The molecule has 2 saturated carbocycles. The third-order valence-electron chi connectivity index (χ3n) is 7.84. The Morgan fingerprint density at radius 2 is 1.68 bits per heavy atom. The van der Waals surface area contributed by atoms with E-state index in [9.17, 15) is 53.5 Å². The third-order valence-corrected chi connectivity index (χ3v) is 7.84. The number of aromatic nitrogens is 3. The number of nitrogens with zero attached hydrogens (tertiary/aromatic N) is 2. The van der Waals surface area contributed by atoms with Crippen molar-refractivity contribution in [1.82, 2.24) is 20.3 Å². The number of imidazole rings is 1. The van der Waals surface area contributed by atoms with Crippen molar-refractivity contribution in [3.63, 3.8) is 0 Å². The van der Waals surface area contributed by atoms with E-state index in [1.165, 1.54) is 51.0 Å². The number of halogens is 10. The summed E-state index contributed by atoms with van der Waals surface area (Å²) in [6.45, 7) is -1.55.